The van der Waals surface area contributed by atoms with Gasteiger partial charge in [0.25, 0.3) is 0 Å². The van der Waals surface area contributed by atoms with Gasteiger partial charge >= 0.3 is 0 Å². The highest BCUT2D eigenvalue weighted by molar-refractivity contribution is 9.10. The third-order valence-electron chi connectivity index (χ3n) is 4.00. The molecule has 2 rings (SSSR count). The van der Waals surface area contributed by atoms with Crippen molar-refractivity contribution in [1.29, 1.82) is 0 Å². The third kappa shape index (κ3) is 3.75. The van der Waals surface area contributed by atoms with Crippen LogP contribution in [-0.4, -0.2) is 25.8 Å². The molecule has 1 saturated heterocycles. The van der Waals surface area contributed by atoms with Crippen LogP contribution in [0.2, 0.25) is 10.0 Å². The lowest BCUT2D eigenvalue weighted by Crippen LogP contribution is -2.39. The van der Waals surface area contributed by atoms with E-state index in [0.29, 0.717) is 29.4 Å². The minimum atomic E-state index is -3.64. The topological polar surface area (TPSA) is 37.4 Å². The maximum atomic E-state index is 12.8. The van der Waals surface area contributed by atoms with E-state index >= 15 is 0 Å². The van der Waals surface area contributed by atoms with Crippen LogP contribution in [0, 0.1) is 11.8 Å². The fourth-order valence-electron chi connectivity index (χ4n) is 2.69. The summed E-state index contributed by atoms with van der Waals surface area (Å²) in [4.78, 5) is 0.0111. The molecule has 0 N–H and O–H groups in total. The van der Waals surface area contributed by atoms with Crippen LogP contribution in [-0.2, 0) is 10.0 Å². The molecule has 0 spiro atoms. The highest BCUT2D eigenvalue weighted by Crippen LogP contribution is 2.36. The van der Waals surface area contributed by atoms with Gasteiger partial charge in [-0.25, -0.2) is 8.42 Å². The smallest absolute Gasteiger partial charge is 0.207 e. The Kier molecular flexibility index (Phi) is 5.64. The summed E-state index contributed by atoms with van der Waals surface area (Å²) in [6.45, 7) is 5.40. The molecule has 1 aromatic rings. The van der Waals surface area contributed by atoms with Crippen molar-refractivity contribution < 1.29 is 8.42 Å². The molecule has 0 bridgehead atoms. The number of hydrogen-bond donors (Lipinski definition) is 0. The van der Waals surface area contributed by atoms with Gasteiger partial charge in [-0.15, -0.1) is 0 Å². The Balaban J connectivity index is 2.28. The van der Waals surface area contributed by atoms with Gasteiger partial charge in [-0.3, -0.25) is 0 Å². The molecular formula is C14H18BrCl2NO2S. The number of sulfonamides is 1. The van der Waals surface area contributed by atoms with Crippen molar-refractivity contribution in [2.75, 3.05) is 13.1 Å². The maximum Gasteiger partial charge on any atom is 0.246 e. The number of hydrogen-bond acceptors (Lipinski definition) is 2. The number of piperidine rings is 1. The second-order valence-corrected chi connectivity index (χ2v) is 9.29. The van der Waals surface area contributed by atoms with Crippen molar-refractivity contribution in [3.05, 3.63) is 26.7 Å². The second kappa shape index (κ2) is 6.75. The first-order valence-electron chi connectivity index (χ1n) is 6.88. The highest BCUT2D eigenvalue weighted by Gasteiger charge is 2.33. The molecule has 1 aromatic carbocycles. The van der Waals surface area contributed by atoms with Gasteiger partial charge in [0, 0.05) is 17.6 Å². The van der Waals surface area contributed by atoms with E-state index in [-0.39, 0.29) is 14.9 Å². The van der Waals surface area contributed by atoms with Gasteiger partial charge in [0.2, 0.25) is 10.0 Å². The first-order valence-corrected chi connectivity index (χ1v) is 9.87. The normalized spacial score (nSPS) is 18.4. The summed E-state index contributed by atoms with van der Waals surface area (Å²) in [6, 6.07) is 3.11. The second-order valence-electron chi connectivity index (χ2n) is 5.68. The number of rotatable bonds is 3. The summed E-state index contributed by atoms with van der Waals surface area (Å²) in [5.41, 5.74) is 0. The zero-order valence-corrected chi connectivity index (χ0v) is 15.9. The maximum absolute atomic E-state index is 12.8. The van der Waals surface area contributed by atoms with Crippen molar-refractivity contribution in [1.82, 2.24) is 4.31 Å². The molecule has 1 aliphatic heterocycles. The van der Waals surface area contributed by atoms with E-state index in [1.54, 1.807) is 12.1 Å². The summed E-state index contributed by atoms with van der Waals surface area (Å²) in [5, 5.41) is 0.306. The molecular weight excluding hydrogens is 397 g/mol. The summed E-state index contributed by atoms with van der Waals surface area (Å²) >= 11 is 15.5. The molecule has 21 heavy (non-hydrogen) atoms. The summed E-state index contributed by atoms with van der Waals surface area (Å²) in [5.74, 6) is 1.15. The fraction of sp³-hybridized carbons (Fsp3) is 0.571. The standard InChI is InChI=1S/C14H18BrCl2NO2S/c1-9(2)10-3-5-18(6-4-10)21(19,20)14-12(16)7-11(15)8-13(14)17/h7-10H,3-6H2,1-2H3. The van der Waals surface area contributed by atoms with Crippen molar-refractivity contribution in [3.8, 4) is 0 Å². The fourth-order valence-corrected chi connectivity index (χ4v) is 6.04. The molecule has 0 atom stereocenters. The Hall–Kier alpha value is 0.190. The third-order valence-corrected chi connectivity index (χ3v) is 7.28. The molecule has 0 aliphatic carbocycles. The Bertz CT molecular complexity index is 603. The van der Waals surface area contributed by atoms with Gasteiger partial charge in [-0.1, -0.05) is 53.0 Å². The van der Waals surface area contributed by atoms with E-state index in [2.05, 4.69) is 29.8 Å². The first kappa shape index (κ1) is 17.5. The van der Waals surface area contributed by atoms with Crippen molar-refractivity contribution in [2.24, 2.45) is 11.8 Å². The van der Waals surface area contributed by atoms with Crippen LogP contribution < -0.4 is 0 Å². The van der Waals surface area contributed by atoms with Crippen LogP contribution in [0.1, 0.15) is 26.7 Å². The lowest BCUT2D eigenvalue weighted by atomic mass is 9.87. The average Bonchev–Trinajstić information content (AvgIpc) is 2.37. The van der Waals surface area contributed by atoms with E-state index in [0.717, 1.165) is 12.8 Å². The molecule has 118 valence electrons. The van der Waals surface area contributed by atoms with E-state index < -0.39 is 10.0 Å². The largest absolute Gasteiger partial charge is 0.246 e. The number of nitrogens with zero attached hydrogens (tertiary/aromatic N) is 1. The molecule has 1 fully saturated rings. The highest BCUT2D eigenvalue weighted by atomic mass is 79.9. The lowest BCUT2D eigenvalue weighted by molar-refractivity contribution is 0.226. The number of halogens is 3. The van der Waals surface area contributed by atoms with Crippen molar-refractivity contribution in [2.45, 2.75) is 31.6 Å². The van der Waals surface area contributed by atoms with Crippen LogP contribution in [0.15, 0.2) is 21.5 Å². The zero-order chi connectivity index (χ0) is 15.8. The first-order chi connectivity index (χ1) is 9.73. The van der Waals surface area contributed by atoms with Crippen LogP contribution in [0.5, 0.6) is 0 Å². The molecule has 1 aliphatic rings. The molecule has 1 heterocycles. The van der Waals surface area contributed by atoms with Crippen molar-refractivity contribution >= 4 is 49.2 Å². The lowest BCUT2D eigenvalue weighted by Gasteiger charge is -2.33. The predicted octanol–water partition coefficient (Wildman–Crippen LogP) is 4.81. The van der Waals surface area contributed by atoms with Crippen LogP contribution in [0.4, 0.5) is 0 Å². The van der Waals surface area contributed by atoms with Gasteiger partial charge in [0.1, 0.15) is 4.90 Å². The predicted molar refractivity (Wildman–Crippen MR) is 90.5 cm³/mol. The molecule has 0 aromatic heterocycles. The Morgan fingerprint density at radius 1 is 1.19 bits per heavy atom. The molecule has 0 radical (unpaired) electrons. The molecule has 0 unspecified atom stereocenters. The summed E-state index contributed by atoms with van der Waals surface area (Å²) in [6.07, 6.45) is 1.76. The Morgan fingerprint density at radius 3 is 2.10 bits per heavy atom. The van der Waals surface area contributed by atoms with E-state index in [4.69, 9.17) is 23.2 Å². The van der Waals surface area contributed by atoms with E-state index in [1.165, 1.54) is 4.31 Å². The van der Waals surface area contributed by atoms with Crippen LogP contribution in [0.3, 0.4) is 0 Å². The minimum Gasteiger partial charge on any atom is -0.207 e. The van der Waals surface area contributed by atoms with Gasteiger partial charge in [0.15, 0.2) is 0 Å². The minimum absolute atomic E-state index is 0.0111. The number of benzene rings is 1. The van der Waals surface area contributed by atoms with E-state index in [9.17, 15) is 8.42 Å². The Labute approximate surface area is 144 Å². The van der Waals surface area contributed by atoms with Gasteiger partial charge in [-0.05, 0) is 36.8 Å². The van der Waals surface area contributed by atoms with Gasteiger partial charge < -0.3 is 0 Å². The van der Waals surface area contributed by atoms with Crippen molar-refractivity contribution in [3.63, 3.8) is 0 Å². The molecule has 0 amide bonds. The molecule has 7 heteroatoms. The summed E-state index contributed by atoms with van der Waals surface area (Å²) in [7, 11) is -3.64. The van der Waals surface area contributed by atoms with Gasteiger partial charge in [0.05, 0.1) is 10.0 Å². The Morgan fingerprint density at radius 2 is 1.67 bits per heavy atom. The van der Waals surface area contributed by atoms with Crippen LogP contribution in [0.25, 0.3) is 0 Å². The molecule has 3 nitrogen and oxygen atoms in total. The summed E-state index contributed by atoms with van der Waals surface area (Å²) < 4.78 is 27.7. The zero-order valence-electron chi connectivity index (χ0n) is 11.9. The van der Waals surface area contributed by atoms with E-state index in [1.807, 2.05) is 0 Å². The average molecular weight is 415 g/mol. The van der Waals surface area contributed by atoms with Gasteiger partial charge in [-0.2, -0.15) is 4.31 Å². The SMILES string of the molecule is CC(C)C1CCN(S(=O)(=O)c2c(Cl)cc(Br)cc2Cl)CC1. The van der Waals surface area contributed by atoms with Crippen LogP contribution >= 0.6 is 39.1 Å². The molecule has 0 saturated carbocycles. The quantitative estimate of drug-likeness (QED) is 0.711. The monoisotopic (exact) mass is 413 g/mol.